The van der Waals surface area contributed by atoms with Crippen molar-refractivity contribution in [2.75, 3.05) is 13.1 Å². The summed E-state index contributed by atoms with van der Waals surface area (Å²) in [6.07, 6.45) is 8.68. The lowest BCUT2D eigenvalue weighted by atomic mass is 10.1. The number of hydrogen-bond acceptors (Lipinski definition) is 7. The van der Waals surface area contributed by atoms with Gasteiger partial charge in [-0.25, -0.2) is 16.8 Å². The number of sulfonamides is 1. The van der Waals surface area contributed by atoms with Crippen molar-refractivity contribution in [2.24, 2.45) is 5.73 Å². The Labute approximate surface area is 229 Å². The summed E-state index contributed by atoms with van der Waals surface area (Å²) in [5, 5.41) is 2.91. The fraction of sp³-hybridized carbons (Fsp3) is 0.250. The second-order valence-electron chi connectivity index (χ2n) is 8.39. The molecule has 8 nitrogen and oxygen atoms in total. The van der Waals surface area contributed by atoms with Gasteiger partial charge in [0.05, 0.1) is 19.8 Å². The Kier molecular flexibility index (Phi) is 8.59. The van der Waals surface area contributed by atoms with Crippen molar-refractivity contribution in [2.45, 2.75) is 35.1 Å². The number of fused-ring (bicyclic) bond motifs is 2. The summed E-state index contributed by atoms with van der Waals surface area (Å²) in [6.45, 7) is 0.836. The molecule has 0 saturated carbocycles. The number of rotatable bonds is 4. The van der Waals surface area contributed by atoms with Gasteiger partial charge in [0, 0.05) is 76.1 Å². The maximum absolute atomic E-state index is 13.1. The number of halogens is 3. The number of aromatic nitrogens is 2. The largest absolute Gasteiger partial charge is 0.329 e. The van der Waals surface area contributed by atoms with E-state index in [9.17, 15) is 16.8 Å². The molecule has 0 bridgehead atoms. The number of nitrogens with two attached hydrogens (primary N) is 1. The van der Waals surface area contributed by atoms with Gasteiger partial charge < -0.3 is 5.73 Å². The zero-order valence-corrected chi connectivity index (χ0v) is 23.3. The molecule has 1 saturated heterocycles. The van der Waals surface area contributed by atoms with Crippen molar-refractivity contribution in [1.82, 2.24) is 14.3 Å². The monoisotopic (exact) mass is 600 g/mol. The Bertz CT molecular complexity index is 1660. The lowest BCUT2D eigenvalue weighted by Crippen LogP contribution is -2.47. The molecule has 196 valence electrons. The standard InChI is InChI=1S/C15H18ClN3O2S.C9H5Cl2NO2S/c16-13-10-18-9-11-4-3-6-14(15(11)13)22(20,21)19-7-2-1-5-12(19)8-17;10-7-5-12-4-6-2-1-3-8(9(6)7)15(11,13)14/h3-4,6,9-10,12H,1-2,5,7-8,17H2;1-5H. The number of nitrogens with zero attached hydrogens (tertiary/aromatic N) is 3. The van der Waals surface area contributed by atoms with Crippen LogP contribution in [0.2, 0.25) is 10.0 Å². The molecule has 1 unspecified atom stereocenters. The van der Waals surface area contributed by atoms with E-state index in [-0.39, 0.29) is 20.9 Å². The molecule has 2 N–H and O–H groups in total. The molecule has 1 aliphatic rings. The van der Waals surface area contributed by atoms with Crippen molar-refractivity contribution in [3.05, 3.63) is 71.2 Å². The van der Waals surface area contributed by atoms with E-state index in [4.69, 9.17) is 39.6 Å². The number of benzene rings is 2. The van der Waals surface area contributed by atoms with Gasteiger partial charge in [-0.2, -0.15) is 4.31 Å². The van der Waals surface area contributed by atoms with E-state index >= 15 is 0 Å². The van der Waals surface area contributed by atoms with E-state index in [0.29, 0.717) is 34.3 Å². The van der Waals surface area contributed by atoms with Crippen LogP contribution >= 0.6 is 33.9 Å². The summed E-state index contributed by atoms with van der Waals surface area (Å²) >= 11 is 12.1. The summed E-state index contributed by atoms with van der Waals surface area (Å²) in [4.78, 5) is 8.13. The molecule has 4 aromatic rings. The molecule has 2 aromatic carbocycles. The molecule has 37 heavy (non-hydrogen) atoms. The van der Waals surface area contributed by atoms with Crippen LogP contribution in [0.4, 0.5) is 0 Å². The highest BCUT2D eigenvalue weighted by molar-refractivity contribution is 8.14. The maximum atomic E-state index is 13.1. The van der Waals surface area contributed by atoms with Crippen LogP contribution in [0.5, 0.6) is 0 Å². The maximum Gasteiger partial charge on any atom is 0.261 e. The molecular weight excluding hydrogens is 579 g/mol. The van der Waals surface area contributed by atoms with Gasteiger partial charge in [-0.15, -0.1) is 0 Å². The quantitative estimate of drug-likeness (QED) is 0.319. The van der Waals surface area contributed by atoms with Crippen LogP contribution in [0.1, 0.15) is 19.3 Å². The molecule has 1 aliphatic heterocycles. The van der Waals surface area contributed by atoms with E-state index in [1.165, 1.54) is 29.0 Å². The van der Waals surface area contributed by atoms with Crippen LogP contribution in [0.3, 0.4) is 0 Å². The zero-order chi connectivity index (χ0) is 26.8. The van der Waals surface area contributed by atoms with E-state index in [1.807, 2.05) is 6.07 Å². The van der Waals surface area contributed by atoms with E-state index in [2.05, 4.69) is 9.97 Å². The summed E-state index contributed by atoms with van der Waals surface area (Å²) in [7, 11) is -2.12. The SMILES string of the molecule is NCC1CCCCN1S(=O)(=O)c1cccc2cncc(Cl)c12.O=S(=O)(Cl)c1cccc2cncc(Cl)c12. The van der Waals surface area contributed by atoms with Crippen LogP contribution in [-0.4, -0.2) is 50.2 Å². The predicted octanol–water partition coefficient (Wildman–Crippen LogP) is 5.21. The smallest absolute Gasteiger partial charge is 0.261 e. The van der Waals surface area contributed by atoms with Crippen molar-refractivity contribution < 1.29 is 16.8 Å². The molecule has 0 radical (unpaired) electrons. The van der Waals surface area contributed by atoms with Gasteiger partial charge in [-0.3, -0.25) is 9.97 Å². The molecule has 3 heterocycles. The Hall–Kier alpha value is -2.05. The first-order valence-electron chi connectivity index (χ1n) is 11.3. The van der Waals surface area contributed by atoms with Gasteiger partial charge in [-0.05, 0) is 25.0 Å². The highest BCUT2D eigenvalue weighted by Crippen LogP contribution is 2.33. The minimum absolute atomic E-state index is 0.00840. The molecule has 0 spiro atoms. The first-order chi connectivity index (χ1) is 17.6. The van der Waals surface area contributed by atoms with Crippen LogP contribution in [-0.2, 0) is 19.1 Å². The van der Waals surface area contributed by atoms with Crippen molar-refractivity contribution >= 4 is 74.5 Å². The molecular formula is C24H23Cl3N4O4S2. The summed E-state index contributed by atoms with van der Waals surface area (Å²) in [5.41, 5.74) is 5.77. The first kappa shape index (κ1) is 28.0. The second-order valence-corrected chi connectivity index (χ2v) is 13.6. The van der Waals surface area contributed by atoms with E-state index in [0.717, 1.165) is 24.6 Å². The van der Waals surface area contributed by atoms with Gasteiger partial charge in [0.2, 0.25) is 10.0 Å². The second kappa shape index (κ2) is 11.4. The average Bonchev–Trinajstić information content (AvgIpc) is 2.88. The van der Waals surface area contributed by atoms with Crippen LogP contribution in [0.15, 0.2) is 71.0 Å². The number of pyridine rings is 2. The normalized spacial score (nSPS) is 16.9. The van der Waals surface area contributed by atoms with Crippen molar-refractivity contribution in [1.29, 1.82) is 0 Å². The number of piperidine rings is 1. The molecule has 0 aliphatic carbocycles. The Morgan fingerprint density at radius 2 is 1.38 bits per heavy atom. The van der Waals surface area contributed by atoms with Crippen LogP contribution < -0.4 is 5.73 Å². The van der Waals surface area contributed by atoms with Gasteiger partial charge in [-0.1, -0.05) is 53.9 Å². The van der Waals surface area contributed by atoms with Crippen LogP contribution in [0.25, 0.3) is 21.5 Å². The molecule has 0 amide bonds. The summed E-state index contributed by atoms with van der Waals surface area (Å²) < 4.78 is 50.3. The Balaban J connectivity index is 0.000000186. The lowest BCUT2D eigenvalue weighted by molar-refractivity contribution is 0.258. The molecule has 1 fully saturated rings. The molecule has 5 rings (SSSR count). The van der Waals surface area contributed by atoms with E-state index < -0.39 is 19.1 Å². The summed E-state index contributed by atoms with van der Waals surface area (Å²) in [6, 6.07) is 9.71. The zero-order valence-electron chi connectivity index (χ0n) is 19.4. The number of hydrogen-bond donors (Lipinski definition) is 1. The van der Waals surface area contributed by atoms with Crippen LogP contribution in [0, 0.1) is 0 Å². The molecule has 13 heteroatoms. The minimum Gasteiger partial charge on any atom is -0.329 e. The first-order valence-corrected chi connectivity index (χ1v) is 15.8. The van der Waals surface area contributed by atoms with Crippen molar-refractivity contribution in [3.63, 3.8) is 0 Å². The van der Waals surface area contributed by atoms with Gasteiger partial charge in [0.1, 0.15) is 0 Å². The fourth-order valence-electron chi connectivity index (χ4n) is 4.39. The minimum atomic E-state index is -3.79. The van der Waals surface area contributed by atoms with Gasteiger partial charge in [0.15, 0.2) is 0 Å². The Morgan fingerprint density at radius 3 is 1.92 bits per heavy atom. The summed E-state index contributed by atoms with van der Waals surface area (Å²) in [5.74, 6) is 0. The van der Waals surface area contributed by atoms with Gasteiger partial charge in [0.25, 0.3) is 9.05 Å². The highest BCUT2D eigenvalue weighted by atomic mass is 35.7. The third-order valence-corrected chi connectivity index (χ3v) is 10.0. The third kappa shape index (κ3) is 5.85. The average molecular weight is 602 g/mol. The highest BCUT2D eigenvalue weighted by Gasteiger charge is 2.34. The fourth-order valence-corrected chi connectivity index (χ4v) is 8.08. The Morgan fingerprint density at radius 1 is 0.838 bits per heavy atom. The van der Waals surface area contributed by atoms with Crippen molar-refractivity contribution in [3.8, 4) is 0 Å². The van der Waals surface area contributed by atoms with E-state index in [1.54, 1.807) is 30.5 Å². The lowest BCUT2D eigenvalue weighted by Gasteiger charge is -2.34. The predicted molar refractivity (Wildman–Crippen MR) is 147 cm³/mol. The topological polar surface area (TPSA) is 123 Å². The van der Waals surface area contributed by atoms with Gasteiger partial charge >= 0.3 is 0 Å². The molecule has 2 aromatic heterocycles. The third-order valence-electron chi connectivity index (χ3n) is 6.09. The molecule has 1 atom stereocenters.